The van der Waals surface area contributed by atoms with Gasteiger partial charge in [0.1, 0.15) is 5.75 Å². The lowest BCUT2D eigenvalue weighted by molar-refractivity contribution is -0.124. The number of nitrogens with one attached hydrogen (secondary N) is 1. The van der Waals surface area contributed by atoms with Crippen molar-refractivity contribution in [3.63, 3.8) is 0 Å². The van der Waals surface area contributed by atoms with Crippen molar-refractivity contribution in [1.82, 2.24) is 5.32 Å². The molecule has 1 aliphatic carbocycles. The lowest BCUT2D eigenvalue weighted by atomic mass is 9.87. The zero-order valence-electron chi connectivity index (χ0n) is 14.2. The number of benzene rings is 1. The zero-order valence-corrected chi connectivity index (χ0v) is 15.0. The Morgan fingerprint density at radius 3 is 2.26 bits per heavy atom. The van der Waals surface area contributed by atoms with Gasteiger partial charge in [0, 0.05) is 12.3 Å². The van der Waals surface area contributed by atoms with Crippen LogP contribution in [0.15, 0.2) is 24.3 Å². The van der Waals surface area contributed by atoms with Crippen molar-refractivity contribution in [2.75, 3.05) is 25.2 Å². The minimum atomic E-state index is -3.07. The van der Waals surface area contributed by atoms with E-state index in [1.807, 2.05) is 24.3 Å². The molecule has 0 heterocycles. The molecule has 1 saturated carbocycles. The molecule has 0 aromatic heterocycles. The topological polar surface area (TPSA) is 72.5 Å². The molecule has 0 unspecified atom stereocenters. The second kappa shape index (κ2) is 6.15. The van der Waals surface area contributed by atoms with Gasteiger partial charge in [-0.1, -0.05) is 32.9 Å². The van der Waals surface area contributed by atoms with E-state index in [1.165, 1.54) is 0 Å². The Labute approximate surface area is 138 Å². The summed E-state index contributed by atoms with van der Waals surface area (Å²) < 4.78 is 28.3. The van der Waals surface area contributed by atoms with E-state index in [2.05, 4.69) is 19.2 Å². The fourth-order valence-corrected chi connectivity index (χ4v) is 3.82. The minimum absolute atomic E-state index is 0.0195. The highest BCUT2D eigenvalue weighted by Gasteiger charge is 2.66. The van der Waals surface area contributed by atoms with Gasteiger partial charge in [0.15, 0.2) is 9.84 Å². The molecular formula is C17H25NO4S. The van der Waals surface area contributed by atoms with Crippen LogP contribution in [-0.2, 0) is 20.0 Å². The summed E-state index contributed by atoms with van der Waals surface area (Å²) in [4.78, 5) is 12.7. The number of methoxy groups -OCH3 is 1. The first-order valence-corrected chi connectivity index (χ1v) is 9.64. The summed E-state index contributed by atoms with van der Waals surface area (Å²) in [5.74, 6) is 0.725. The maximum atomic E-state index is 12.7. The molecule has 0 aliphatic heterocycles. The number of carbonyl (C=O) groups is 1. The van der Waals surface area contributed by atoms with Gasteiger partial charge in [0.2, 0.25) is 5.91 Å². The van der Waals surface area contributed by atoms with Crippen LogP contribution in [0.25, 0.3) is 0 Å². The van der Waals surface area contributed by atoms with Gasteiger partial charge in [-0.25, -0.2) is 8.42 Å². The van der Waals surface area contributed by atoms with Crippen LogP contribution in [0, 0.1) is 5.41 Å². The van der Waals surface area contributed by atoms with Gasteiger partial charge >= 0.3 is 0 Å². The Morgan fingerprint density at radius 2 is 1.83 bits per heavy atom. The summed E-state index contributed by atoms with van der Waals surface area (Å²) in [6.07, 6.45) is 0.749. The average Bonchev–Trinajstić information content (AvgIpc) is 3.11. The molecule has 1 N–H and O–H groups in total. The minimum Gasteiger partial charge on any atom is -0.497 e. The third kappa shape index (κ3) is 3.37. The second-order valence-electron chi connectivity index (χ2n) is 6.69. The molecule has 1 aliphatic rings. The van der Waals surface area contributed by atoms with E-state index in [0.29, 0.717) is 0 Å². The maximum Gasteiger partial charge on any atom is 0.231 e. The van der Waals surface area contributed by atoms with E-state index < -0.39 is 15.3 Å². The maximum absolute atomic E-state index is 12.7. The largest absolute Gasteiger partial charge is 0.497 e. The lowest BCUT2D eigenvalue weighted by Gasteiger charge is -2.21. The predicted molar refractivity (Wildman–Crippen MR) is 90.4 cm³/mol. The normalized spacial score (nSPS) is 22.4. The van der Waals surface area contributed by atoms with E-state index in [4.69, 9.17) is 4.74 Å². The zero-order chi connectivity index (χ0) is 17.3. The molecule has 0 saturated heterocycles. The summed E-state index contributed by atoms with van der Waals surface area (Å²) in [7, 11) is -1.47. The van der Waals surface area contributed by atoms with Gasteiger partial charge in [-0.05, 0) is 29.5 Å². The number of rotatable bonds is 7. The fourth-order valence-electron chi connectivity index (χ4n) is 3.12. The molecular weight excluding hydrogens is 314 g/mol. The number of carbonyl (C=O) groups excluding carboxylic acids is 1. The van der Waals surface area contributed by atoms with Gasteiger partial charge in [-0.2, -0.15) is 0 Å². The van der Waals surface area contributed by atoms with Crippen molar-refractivity contribution in [2.45, 2.75) is 32.6 Å². The highest BCUT2D eigenvalue weighted by Crippen LogP contribution is 2.64. The van der Waals surface area contributed by atoms with Gasteiger partial charge in [0.05, 0.1) is 18.3 Å². The van der Waals surface area contributed by atoms with Crippen molar-refractivity contribution in [3.05, 3.63) is 29.8 Å². The summed E-state index contributed by atoms with van der Waals surface area (Å²) in [6.45, 7) is 5.88. The van der Waals surface area contributed by atoms with Crippen molar-refractivity contribution in [3.8, 4) is 5.75 Å². The first kappa shape index (κ1) is 17.8. The van der Waals surface area contributed by atoms with E-state index in [0.717, 1.165) is 17.7 Å². The first-order chi connectivity index (χ1) is 10.7. The Balaban J connectivity index is 2.13. The monoisotopic (exact) mass is 339 g/mol. The smallest absolute Gasteiger partial charge is 0.231 e. The van der Waals surface area contributed by atoms with Crippen LogP contribution < -0.4 is 10.1 Å². The number of hydrogen-bond acceptors (Lipinski definition) is 4. The van der Waals surface area contributed by atoms with Gasteiger partial charge < -0.3 is 10.1 Å². The summed E-state index contributed by atoms with van der Waals surface area (Å²) in [6, 6.07) is 7.52. The van der Waals surface area contributed by atoms with E-state index in [9.17, 15) is 13.2 Å². The Bertz CT molecular complexity index is 679. The molecule has 6 heteroatoms. The molecule has 2 rings (SSSR count). The van der Waals surface area contributed by atoms with Crippen LogP contribution >= 0.6 is 0 Å². The summed E-state index contributed by atoms with van der Waals surface area (Å²) in [5.41, 5.74) is 0.212. The van der Waals surface area contributed by atoms with E-state index in [-0.39, 0.29) is 29.4 Å². The number of amides is 1. The quantitative estimate of drug-likeness (QED) is 0.824. The SMILES string of the molecule is CCS(=O)(=O)CCNC(=O)[C@]1(c2ccc(OC)cc2)CC1(C)C. The van der Waals surface area contributed by atoms with Crippen molar-refractivity contribution in [2.24, 2.45) is 5.41 Å². The molecule has 23 heavy (non-hydrogen) atoms. The molecule has 128 valence electrons. The van der Waals surface area contributed by atoms with Crippen LogP contribution in [0.4, 0.5) is 0 Å². The Hall–Kier alpha value is -1.56. The Morgan fingerprint density at radius 1 is 1.26 bits per heavy atom. The molecule has 1 aromatic rings. The molecule has 1 amide bonds. The number of ether oxygens (including phenoxy) is 1. The molecule has 5 nitrogen and oxygen atoms in total. The molecule has 0 radical (unpaired) electrons. The highest BCUT2D eigenvalue weighted by atomic mass is 32.2. The number of sulfone groups is 1. The van der Waals surface area contributed by atoms with Gasteiger partial charge in [-0.3, -0.25) is 4.79 Å². The van der Waals surface area contributed by atoms with Crippen LogP contribution in [0.3, 0.4) is 0 Å². The fraction of sp³-hybridized carbons (Fsp3) is 0.588. The van der Waals surface area contributed by atoms with Crippen LogP contribution in [0.1, 0.15) is 32.8 Å². The van der Waals surface area contributed by atoms with Crippen molar-refractivity contribution >= 4 is 15.7 Å². The molecule has 0 bridgehead atoms. The van der Waals surface area contributed by atoms with E-state index in [1.54, 1.807) is 14.0 Å². The molecule has 0 spiro atoms. The third-order valence-corrected chi connectivity index (χ3v) is 6.55. The summed E-state index contributed by atoms with van der Waals surface area (Å²) >= 11 is 0. The highest BCUT2D eigenvalue weighted by molar-refractivity contribution is 7.91. The molecule has 1 fully saturated rings. The second-order valence-corrected chi connectivity index (χ2v) is 9.16. The van der Waals surface area contributed by atoms with Gasteiger partial charge in [0.25, 0.3) is 0 Å². The lowest BCUT2D eigenvalue weighted by Crippen LogP contribution is -2.40. The van der Waals surface area contributed by atoms with Gasteiger partial charge in [-0.15, -0.1) is 0 Å². The third-order valence-electron chi connectivity index (χ3n) is 4.85. The average molecular weight is 339 g/mol. The van der Waals surface area contributed by atoms with Crippen LogP contribution in [-0.4, -0.2) is 39.5 Å². The summed E-state index contributed by atoms with van der Waals surface area (Å²) in [5, 5.41) is 2.81. The van der Waals surface area contributed by atoms with Crippen molar-refractivity contribution in [1.29, 1.82) is 0 Å². The Kier molecular flexibility index (Phi) is 4.76. The number of hydrogen-bond donors (Lipinski definition) is 1. The van der Waals surface area contributed by atoms with Crippen LogP contribution in [0.5, 0.6) is 5.75 Å². The van der Waals surface area contributed by atoms with Crippen molar-refractivity contribution < 1.29 is 17.9 Å². The first-order valence-electron chi connectivity index (χ1n) is 7.82. The van der Waals surface area contributed by atoms with E-state index >= 15 is 0 Å². The predicted octanol–water partition coefficient (Wildman–Crippen LogP) is 1.91. The van der Waals surface area contributed by atoms with Crippen LogP contribution in [0.2, 0.25) is 0 Å². The molecule has 1 aromatic carbocycles. The molecule has 1 atom stereocenters. The standard InChI is InChI=1S/C17H25NO4S/c1-5-23(20,21)11-10-18-15(19)17(12-16(17,2)3)13-6-8-14(22-4)9-7-13/h6-9H,5,10-12H2,1-4H3,(H,18,19)/t17-/m1/s1.